The molecule has 1 aromatic carbocycles. The summed E-state index contributed by atoms with van der Waals surface area (Å²) >= 11 is 1.52. The van der Waals surface area contributed by atoms with Crippen LogP contribution >= 0.6 is 11.8 Å². The third-order valence-corrected chi connectivity index (χ3v) is 4.81. The summed E-state index contributed by atoms with van der Waals surface area (Å²) in [6, 6.07) is 11.1. The molecule has 1 N–H and O–H groups in total. The fraction of sp³-hybridized carbons (Fsp3) is 0.167. The molecule has 0 atom stereocenters. The van der Waals surface area contributed by atoms with Crippen LogP contribution in [0.15, 0.2) is 52.5 Å². The van der Waals surface area contributed by atoms with Gasteiger partial charge < -0.3 is 9.72 Å². The van der Waals surface area contributed by atoms with Crippen LogP contribution in [-0.2, 0) is 5.75 Å². The zero-order valence-electron chi connectivity index (χ0n) is 13.8. The predicted octanol–water partition coefficient (Wildman–Crippen LogP) is 3.18. The number of hydrogen-bond donors (Lipinski definition) is 1. The van der Waals surface area contributed by atoms with Crippen LogP contribution in [0.1, 0.15) is 11.3 Å². The molecule has 126 valence electrons. The number of aromatic nitrogens is 4. The lowest BCUT2D eigenvalue weighted by atomic mass is 10.3. The van der Waals surface area contributed by atoms with Gasteiger partial charge in [-0.25, -0.2) is 9.97 Å². The highest BCUT2D eigenvalue weighted by molar-refractivity contribution is 7.98. The highest BCUT2D eigenvalue weighted by Crippen LogP contribution is 2.24. The molecule has 25 heavy (non-hydrogen) atoms. The molecular weight excluding hydrogens is 336 g/mol. The van der Waals surface area contributed by atoms with Gasteiger partial charge in [0.05, 0.1) is 23.8 Å². The first kappa shape index (κ1) is 15.7. The number of imidazole rings is 1. The van der Waals surface area contributed by atoms with Crippen molar-refractivity contribution in [2.45, 2.75) is 17.8 Å². The molecule has 0 saturated heterocycles. The molecule has 0 aliphatic heterocycles. The Morgan fingerprint density at radius 2 is 2.08 bits per heavy atom. The normalized spacial score (nSPS) is 11.3. The van der Waals surface area contributed by atoms with E-state index < -0.39 is 0 Å². The largest absolute Gasteiger partial charge is 0.497 e. The molecule has 0 radical (unpaired) electrons. The second kappa shape index (κ2) is 6.25. The number of fused-ring (bicyclic) bond motifs is 2. The quantitative estimate of drug-likeness (QED) is 0.571. The zero-order valence-corrected chi connectivity index (χ0v) is 14.6. The summed E-state index contributed by atoms with van der Waals surface area (Å²) in [4.78, 5) is 24.6. The maximum Gasteiger partial charge on any atom is 0.258 e. The van der Waals surface area contributed by atoms with E-state index in [1.54, 1.807) is 23.8 Å². The molecule has 3 heterocycles. The zero-order chi connectivity index (χ0) is 17.4. The molecule has 4 rings (SSSR count). The van der Waals surface area contributed by atoms with Crippen LogP contribution in [0.2, 0.25) is 0 Å². The number of nitrogens with one attached hydrogen (secondary N) is 1. The lowest BCUT2D eigenvalue weighted by Crippen LogP contribution is -2.15. The molecular formula is C18H16N4O2S. The Balaban J connectivity index is 1.60. The smallest absolute Gasteiger partial charge is 0.258 e. The Kier molecular flexibility index (Phi) is 3.93. The second-order valence-electron chi connectivity index (χ2n) is 5.73. The molecule has 0 saturated carbocycles. The van der Waals surface area contributed by atoms with E-state index in [2.05, 4.69) is 15.0 Å². The van der Waals surface area contributed by atoms with Gasteiger partial charge in [0.2, 0.25) is 0 Å². The van der Waals surface area contributed by atoms with Crippen molar-refractivity contribution in [3.63, 3.8) is 0 Å². The third kappa shape index (κ3) is 3.10. The fourth-order valence-electron chi connectivity index (χ4n) is 2.63. The maximum absolute atomic E-state index is 12.2. The number of benzene rings is 1. The van der Waals surface area contributed by atoms with Crippen molar-refractivity contribution in [2.24, 2.45) is 0 Å². The Morgan fingerprint density at radius 1 is 1.20 bits per heavy atom. The van der Waals surface area contributed by atoms with Gasteiger partial charge in [0, 0.05) is 24.1 Å². The molecule has 0 aliphatic carbocycles. The number of rotatable bonds is 4. The van der Waals surface area contributed by atoms with Gasteiger partial charge in [0.25, 0.3) is 5.56 Å². The molecule has 0 spiro atoms. The van der Waals surface area contributed by atoms with E-state index in [0.717, 1.165) is 33.2 Å². The van der Waals surface area contributed by atoms with E-state index in [9.17, 15) is 4.79 Å². The Labute approximate surface area is 147 Å². The summed E-state index contributed by atoms with van der Waals surface area (Å²) < 4.78 is 6.77. The highest BCUT2D eigenvalue weighted by atomic mass is 32.2. The van der Waals surface area contributed by atoms with Gasteiger partial charge in [-0.1, -0.05) is 11.8 Å². The van der Waals surface area contributed by atoms with Crippen molar-refractivity contribution >= 4 is 28.4 Å². The fourth-order valence-corrected chi connectivity index (χ4v) is 3.41. The van der Waals surface area contributed by atoms with E-state index in [-0.39, 0.29) is 5.56 Å². The van der Waals surface area contributed by atoms with Crippen LogP contribution in [0, 0.1) is 6.92 Å². The van der Waals surface area contributed by atoms with Crippen molar-refractivity contribution in [3.05, 3.63) is 64.2 Å². The number of methoxy groups -OCH3 is 1. The van der Waals surface area contributed by atoms with E-state index in [1.165, 1.54) is 11.8 Å². The van der Waals surface area contributed by atoms with Crippen LogP contribution in [0.5, 0.6) is 5.75 Å². The molecule has 0 bridgehead atoms. The first-order valence-corrected chi connectivity index (χ1v) is 8.76. The Hall–Kier alpha value is -2.80. The Morgan fingerprint density at radius 3 is 2.92 bits per heavy atom. The second-order valence-corrected chi connectivity index (χ2v) is 6.70. The minimum absolute atomic E-state index is 0.0741. The van der Waals surface area contributed by atoms with Gasteiger partial charge in [-0.05, 0) is 36.8 Å². The number of pyridine rings is 1. The molecule has 0 fully saturated rings. The summed E-state index contributed by atoms with van der Waals surface area (Å²) in [6.45, 7) is 1.98. The van der Waals surface area contributed by atoms with Gasteiger partial charge in [0.1, 0.15) is 11.4 Å². The van der Waals surface area contributed by atoms with E-state index in [4.69, 9.17) is 4.74 Å². The predicted molar refractivity (Wildman–Crippen MR) is 98.4 cm³/mol. The van der Waals surface area contributed by atoms with Gasteiger partial charge in [-0.15, -0.1) is 0 Å². The lowest BCUT2D eigenvalue weighted by molar-refractivity contribution is 0.415. The van der Waals surface area contributed by atoms with Gasteiger partial charge >= 0.3 is 0 Å². The molecule has 0 aliphatic rings. The molecule has 7 heteroatoms. The average molecular weight is 352 g/mol. The summed E-state index contributed by atoms with van der Waals surface area (Å²) in [5.41, 5.74) is 4.20. The minimum atomic E-state index is -0.0741. The molecule has 3 aromatic heterocycles. The monoisotopic (exact) mass is 352 g/mol. The first-order chi connectivity index (χ1) is 12.1. The summed E-state index contributed by atoms with van der Waals surface area (Å²) in [7, 11) is 1.64. The number of nitrogens with zero attached hydrogens (tertiary/aromatic N) is 3. The van der Waals surface area contributed by atoms with Gasteiger partial charge in [-0.2, -0.15) is 0 Å². The van der Waals surface area contributed by atoms with Crippen LogP contribution in [0.3, 0.4) is 0 Å². The molecule has 4 aromatic rings. The third-order valence-electron chi connectivity index (χ3n) is 3.90. The Bertz CT molecular complexity index is 1130. The standard InChI is InChI=1S/C18H16N4O2S/c1-11-5-6-22-16(7-11)19-12(8-17(22)23)10-25-18-20-14-4-3-13(24-2)9-15(14)21-18/h3-9H,10H2,1-2H3,(H,20,21). The number of aromatic amines is 1. The topological polar surface area (TPSA) is 72.3 Å². The van der Waals surface area contributed by atoms with E-state index in [0.29, 0.717) is 11.4 Å². The summed E-state index contributed by atoms with van der Waals surface area (Å²) in [5, 5.41) is 0.787. The highest BCUT2D eigenvalue weighted by Gasteiger charge is 2.07. The SMILES string of the molecule is COc1ccc2nc(SCc3cc(=O)n4ccc(C)cc4n3)[nH]c2c1. The van der Waals surface area contributed by atoms with Crippen molar-refractivity contribution in [1.29, 1.82) is 0 Å². The van der Waals surface area contributed by atoms with Crippen molar-refractivity contribution in [3.8, 4) is 5.75 Å². The number of H-pyrrole nitrogens is 1. The van der Waals surface area contributed by atoms with Crippen LogP contribution < -0.4 is 10.3 Å². The van der Waals surface area contributed by atoms with E-state index >= 15 is 0 Å². The average Bonchev–Trinajstić information content (AvgIpc) is 3.01. The molecule has 0 unspecified atom stereocenters. The van der Waals surface area contributed by atoms with Crippen LogP contribution in [-0.4, -0.2) is 26.5 Å². The summed E-state index contributed by atoms with van der Waals surface area (Å²) in [5.74, 6) is 1.35. The molecule has 6 nitrogen and oxygen atoms in total. The van der Waals surface area contributed by atoms with E-state index in [1.807, 2.05) is 37.3 Å². The van der Waals surface area contributed by atoms with Gasteiger partial charge in [-0.3, -0.25) is 9.20 Å². The number of aryl methyl sites for hydroxylation is 1. The lowest BCUT2D eigenvalue weighted by Gasteiger charge is -2.04. The summed E-state index contributed by atoms with van der Waals surface area (Å²) in [6.07, 6.45) is 1.75. The first-order valence-electron chi connectivity index (χ1n) is 7.78. The maximum atomic E-state index is 12.2. The van der Waals surface area contributed by atoms with Gasteiger partial charge in [0.15, 0.2) is 5.16 Å². The number of hydrogen-bond acceptors (Lipinski definition) is 5. The molecule has 0 amide bonds. The van der Waals surface area contributed by atoms with Crippen molar-refractivity contribution in [1.82, 2.24) is 19.4 Å². The van der Waals surface area contributed by atoms with Crippen LogP contribution in [0.4, 0.5) is 0 Å². The minimum Gasteiger partial charge on any atom is -0.497 e. The number of thioether (sulfide) groups is 1. The van der Waals surface area contributed by atoms with Crippen molar-refractivity contribution in [2.75, 3.05) is 7.11 Å². The van der Waals surface area contributed by atoms with Crippen molar-refractivity contribution < 1.29 is 4.74 Å². The number of ether oxygens (including phenoxy) is 1. The van der Waals surface area contributed by atoms with Crippen LogP contribution in [0.25, 0.3) is 16.7 Å².